The minimum absolute atomic E-state index is 0.00623. The molecule has 0 unspecified atom stereocenters. The third-order valence-electron chi connectivity index (χ3n) is 3.77. The molecule has 0 fully saturated rings. The Bertz CT molecular complexity index is 983. The first-order valence-electron chi connectivity index (χ1n) is 7.67. The topological polar surface area (TPSA) is 77.1 Å². The first-order chi connectivity index (χ1) is 11.7. The summed E-state index contributed by atoms with van der Waals surface area (Å²) in [5.74, 6) is -0.00623. The molecule has 0 saturated heterocycles. The lowest BCUT2D eigenvalue weighted by Crippen LogP contribution is -2.24. The number of rotatable bonds is 5. The second-order valence-corrected chi connectivity index (χ2v) is 6.69. The Balaban J connectivity index is 1.34. The summed E-state index contributed by atoms with van der Waals surface area (Å²) in [6, 6.07) is 7.90. The zero-order chi connectivity index (χ0) is 16.5. The summed E-state index contributed by atoms with van der Waals surface area (Å²) >= 11 is 1.53. The number of imidazole rings is 2. The Labute approximate surface area is 142 Å². The lowest BCUT2D eigenvalue weighted by molar-refractivity contribution is -0.121. The van der Waals surface area contributed by atoms with Gasteiger partial charge in [0.05, 0.1) is 35.8 Å². The van der Waals surface area contributed by atoms with Gasteiger partial charge in [0.25, 0.3) is 0 Å². The fraction of sp³-hybridized carbons (Fsp3) is 0.250. The highest BCUT2D eigenvalue weighted by Crippen LogP contribution is 2.14. The van der Waals surface area contributed by atoms with E-state index >= 15 is 0 Å². The first kappa shape index (κ1) is 14.8. The molecule has 8 heteroatoms. The highest BCUT2D eigenvalue weighted by Gasteiger charge is 2.08. The van der Waals surface area contributed by atoms with Crippen molar-refractivity contribution < 1.29 is 4.79 Å². The molecule has 0 atom stereocenters. The molecule has 3 aromatic heterocycles. The van der Waals surface area contributed by atoms with Crippen molar-refractivity contribution in [1.82, 2.24) is 29.5 Å². The van der Waals surface area contributed by atoms with Crippen molar-refractivity contribution in [2.75, 3.05) is 0 Å². The van der Waals surface area contributed by atoms with Crippen molar-refractivity contribution >= 4 is 33.2 Å². The first-order valence-corrected chi connectivity index (χ1v) is 8.49. The number of amides is 1. The van der Waals surface area contributed by atoms with Crippen molar-refractivity contribution in [3.63, 3.8) is 0 Å². The fourth-order valence-corrected chi connectivity index (χ4v) is 3.36. The van der Waals surface area contributed by atoms with Crippen LogP contribution in [0.15, 0.2) is 36.8 Å². The third kappa shape index (κ3) is 2.88. The van der Waals surface area contributed by atoms with Crippen molar-refractivity contribution in [2.24, 2.45) is 0 Å². The van der Waals surface area contributed by atoms with Gasteiger partial charge in [-0.1, -0.05) is 23.5 Å². The van der Waals surface area contributed by atoms with Crippen LogP contribution in [0, 0.1) is 6.92 Å². The molecule has 1 N–H and O–H groups in total. The Morgan fingerprint density at radius 1 is 1.33 bits per heavy atom. The average molecular weight is 340 g/mol. The maximum absolute atomic E-state index is 12.1. The summed E-state index contributed by atoms with van der Waals surface area (Å²) < 4.78 is 3.74. The summed E-state index contributed by atoms with van der Waals surface area (Å²) in [5.41, 5.74) is 2.80. The number of carbonyl (C=O) groups excluding carboxylic acids is 1. The van der Waals surface area contributed by atoms with E-state index in [0.717, 1.165) is 26.7 Å². The average Bonchev–Trinajstić information content (AvgIpc) is 3.23. The Morgan fingerprint density at radius 3 is 3.08 bits per heavy atom. The smallest absolute Gasteiger partial charge is 0.222 e. The number of aromatic nitrogens is 5. The summed E-state index contributed by atoms with van der Waals surface area (Å²) in [4.78, 5) is 21.7. The largest absolute Gasteiger partial charge is 0.350 e. The van der Waals surface area contributed by atoms with Gasteiger partial charge >= 0.3 is 0 Å². The van der Waals surface area contributed by atoms with E-state index in [1.54, 1.807) is 10.8 Å². The third-order valence-corrected chi connectivity index (χ3v) is 4.61. The quantitative estimate of drug-likeness (QED) is 0.604. The maximum Gasteiger partial charge on any atom is 0.222 e. The molecule has 0 bridgehead atoms. The van der Waals surface area contributed by atoms with Crippen molar-refractivity contribution in [3.05, 3.63) is 47.5 Å². The van der Waals surface area contributed by atoms with Crippen molar-refractivity contribution in [1.29, 1.82) is 0 Å². The van der Waals surface area contributed by atoms with Gasteiger partial charge in [-0.2, -0.15) is 5.10 Å². The van der Waals surface area contributed by atoms with Crippen LogP contribution in [-0.2, 0) is 17.9 Å². The van der Waals surface area contributed by atoms with E-state index < -0.39 is 0 Å². The number of para-hydroxylation sites is 2. The molecular formula is C16H16N6OS. The number of benzene rings is 1. The van der Waals surface area contributed by atoms with Crippen molar-refractivity contribution in [2.45, 2.75) is 26.4 Å². The number of nitrogens with one attached hydrogen (secondary N) is 1. The van der Waals surface area contributed by atoms with E-state index in [0.29, 0.717) is 19.5 Å². The van der Waals surface area contributed by atoms with Gasteiger partial charge in [0.2, 0.25) is 10.9 Å². The van der Waals surface area contributed by atoms with E-state index in [2.05, 4.69) is 20.4 Å². The number of aryl methyl sites for hydroxylation is 2. The van der Waals surface area contributed by atoms with Gasteiger partial charge in [0, 0.05) is 13.0 Å². The standard InChI is InChI=1S/C16H16N6OS/c1-11-20-22-9-12(19-16(22)24-11)8-17-15(23)6-7-21-10-18-13-4-2-3-5-14(13)21/h2-5,9-10H,6-8H2,1H3,(H,17,23). The van der Waals surface area contributed by atoms with Gasteiger partial charge in [-0.3, -0.25) is 4.79 Å². The number of hydrogen-bond donors (Lipinski definition) is 1. The molecule has 7 nitrogen and oxygen atoms in total. The van der Waals surface area contributed by atoms with E-state index in [1.165, 1.54) is 11.3 Å². The summed E-state index contributed by atoms with van der Waals surface area (Å²) in [7, 11) is 0. The van der Waals surface area contributed by atoms with Crippen LogP contribution in [0.5, 0.6) is 0 Å². The molecule has 0 saturated carbocycles. The van der Waals surface area contributed by atoms with Gasteiger partial charge in [0.1, 0.15) is 5.01 Å². The molecule has 0 aliphatic heterocycles. The van der Waals surface area contributed by atoms with E-state index in [-0.39, 0.29) is 5.91 Å². The van der Waals surface area contributed by atoms with Gasteiger partial charge in [0.15, 0.2) is 0 Å². The van der Waals surface area contributed by atoms with Gasteiger partial charge in [-0.05, 0) is 19.1 Å². The lowest BCUT2D eigenvalue weighted by atomic mass is 10.3. The van der Waals surface area contributed by atoms with Gasteiger partial charge in [-0.15, -0.1) is 0 Å². The molecule has 0 radical (unpaired) electrons. The van der Waals surface area contributed by atoms with Crippen LogP contribution >= 0.6 is 11.3 Å². The van der Waals surface area contributed by atoms with Gasteiger partial charge < -0.3 is 9.88 Å². The van der Waals surface area contributed by atoms with Crippen molar-refractivity contribution in [3.8, 4) is 0 Å². The lowest BCUT2D eigenvalue weighted by Gasteiger charge is -2.05. The predicted molar refractivity (Wildman–Crippen MR) is 91.8 cm³/mol. The van der Waals surface area contributed by atoms with E-state index in [1.807, 2.05) is 42.0 Å². The number of fused-ring (bicyclic) bond motifs is 2. The molecule has 3 heterocycles. The van der Waals surface area contributed by atoms with E-state index in [4.69, 9.17) is 0 Å². The molecule has 0 aliphatic rings. The molecule has 1 aromatic carbocycles. The number of hydrogen-bond acceptors (Lipinski definition) is 5. The highest BCUT2D eigenvalue weighted by molar-refractivity contribution is 7.16. The minimum atomic E-state index is -0.00623. The Kier molecular flexibility index (Phi) is 3.73. The van der Waals surface area contributed by atoms with Crippen LogP contribution in [0.2, 0.25) is 0 Å². The molecule has 0 aliphatic carbocycles. The van der Waals surface area contributed by atoms with Crippen LogP contribution in [0.4, 0.5) is 0 Å². The second kappa shape index (κ2) is 6.04. The molecule has 4 rings (SSSR count). The summed E-state index contributed by atoms with van der Waals surface area (Å²) in [6.07, 6.45) is 4.03. The second-order valence-electron chi connectivity index (χ2n) is 5.53. The SMILES string of the molecule is Cc1nn2cc(CNC(=O)CCn3cnc4ccccc43)nc2s1. The molecule has 1 amide bonds. The Hall–Kier alpha value is -2.74. The predicted octanol–water partition coefficient (Wildman–Crippen LogP) is 2.16. The van der Waals surface area contributed by atoms with Gasteiger partial charge in [-0.25, -0.2) is 14.5 Å². The van der Waals surface area contributed by atoms with Crippen LogP contribution in [0.1, 0.15) is 17.1 Å². The van der Waals surface area contributed by atoms with E-state index in [9.17, 15) is 4.79 Å². The summed E-state index contributed by atoms with van der Waals surface area (Å²) in [6.45, 7) is 2.96. The maximum atomic E-state index is 12.1. The highest BCUT2D eigenvalue weighted by atomic mass is 32.1. The van der Waals surface area contributed by atoms with Crippen LogP contribution < -0.4 is 5.32 Å². The zero-order valence-corrected chi connectivity index (χ0v) is 14.0. The molecule has 4 aromatic rings. The normalized spacial score (nSPS) is 11.4. The molecular weight excluding hydrogens is 324 g/mol. The number of carbonyl (C=O) groups is 1. The van der Waals surface area contributed by atoms with Crippen LogP contribution in [0.25, 0.3) is 16.0 Å². The molecule has 122 valence electrons. The summed E-state index contributed by atoms with van der Waals surface area (Å²) in [5, 5.41) is 8.19. The molecule has 24 heavy (non-hydrogen) atoms. The minimum Gasteiger partial charge on any atom is -0.350 e. The number of nitrogens with zero attached hydrogens (tertiary/aromatic N) is 5. The van der Waals surface area contributed by atoms with Crippen LogP contribution in [0.3, 0.4) is 0 Å². The Morgan fingerprint density at radius 2 is 2.21 bits per heavy atom. The van der Waals surface area contributed by atoms with Crippen LogP contribution in [-0.4, -0.2) is 30.1 Å². The monoisotopic (exact) mass is 340 g/mol. The zero-order valence-electron chi connectivity index (χ0n) is 13.1. The molecule has 0 spiro atoms. The fourth-order valence-electron chi connectivity index (χ4n) is 2.62.